The van der Waals surface area contributed by atoms with Crippen LogP contribution in [0.4, 0.5) is 4.39 Å². The number of rotatable bonds is 7. The summed E-state index contributed by atoms with van der Waals surface area (Å²) in [5.41, 5.74) is 1.05. The lowest BCUT2D eigenvalue weighted by Gasteiger charge is -2.13. The molecule has 0 N–H and O–H groups in total. The minimum Gasteiger partial charge on any atom is -0.497 e. The van der Waals surface area contributed by atoms with Crippen LogP contribution in [0.2, 0.25) is 0 Å². The van der Waals surface area contributed by atoms with Crippen LogP contribution in [0.3, 0.4) is 0 Å². The summed E-state index contributed by atoms with van der Waals surface area (Å²) in [6.07, 6.45) is 2.02. The molecule has 4 rings (SSSR count). The molecule has 28 heavy (non-hydrogen) atoms. The van der Waals surface area contributed by atoms with E-state index in [1.54, 1.807) is 49.6 Å². The second-order valence-electron chi connectivity index (χ2n) is 6.74. The average Bonchev–Trinajstić information content (AvgIpc) is 3.48. The van der Waals surface area contributed by atoms with E-state index in [0.717, 1.165) is 12.8 Å². The predicted molar refractivity (Wildman–Crippen MR) is 106 cm³/mol. The van der Waals surface area contributed by atoms with Gasteiger partial charge in [-0.25, -0.2) is 4.39 Å². The number of hydrogen-bond donors (Lipinski definition) is 0. The van der Waals surface area contributed by atoms with Gasteiger partial charge in [-0.05, 0) is 56.2 Å². The van der Waals surface area contributed by atoms with Crippen molar-refractivity contribution >= 4 is 17.5 Å². The normalized spacial score (nSPS) is 14.7. The molecule has 0 amide bonds. The number of nitrogens with zero attached hydrogens (tertiary/aromatic N) is 3. The molecular weight excluding hydrogens is 377 g/mol. The summed E-state index contributed by atoms with van der Waals surface area (Å²) >= 11 is 1.36. The van der Waals surface area contributed by atoms with Crippen LogP contribution in [0.5, 0.6) is 5.75 Å². The van der Waals surface area contributed by atoms with Gasteiger partial charge in [0.2, 0.25) is 0 Å². The van der Waals surface area contributed by atoms with E-state index in [2.05, 4.69) is 10.2 Å². The Morgan fingerprint density at radius 3 is 2.54 bits per heavy atom. The Labute approximate surface area is 166 Å². The minimum atomic E-state index is -0.344. The highest BCUT2D eigenvalue weighted by molar-refractivity contribution is 8.00. The number of hydrogen-bond acceptors (Lipinski definition) is 5. The Morgan fingerprint density at radius 2 is 1.89 bits per heavy atom. The van der Waals surface area contributed by atoms with Crippen LogP contribution in [0.15, 0.2) is 53.7 Å². The number of methoxy groups -OCH3 is 1. The maximum absolute atomic E-state index is 14.3. The Morgan fingerprint density at radius 1 is 1.18 bits per heavy atom. The largest absolute Gasteiger partial charge is 0.497 e. The fourth-order valence-corrected chi connectivity index (χ4v) is 4.04. The molecule has 1 saturated carbocycles. The van der Waals surface area contributed by atoms with Gasteiger partial charge in [0, 0.05) is 11.6 Å². The van der Waals surface area contributed by atoms with Crippen molar-refractivity contribution in [2.75, 3.05) is 7.11 Å². The van der Waals surface area contributed by atoms with E-state index >= 15 is 0 Å². The number of benzene rings is 2. The maximum atomic E-state index is 14.3. The summed E-state index contributed by atoms with van der Waals surface area (Å²) < 4.78 is 21.4. The Balaban J connectivity index is 1.59. The Bertz CT molecular complexity index is 999. The van der Waals surface area contributed by atoms with Gasteiger partial charge >= 0.3 is 0 Å². The van der Waals surface area contributed by atoms with Gasteiger partial charge < -0.3 is 4.74 Å². The van der Waals surface area contributed by atoms with E-state index in [0.29, 0.717) is 27.9 Å². The molecular formula is C21H20FN3O2S. The third-order valence-corrected chi connectivity index (χ3v) is 5.77. The number of Topliss-reactive ketones (excluding diaryl/α,β-unsaturated/α-hetero) is 1. The number of ether oxygens (including phenoxy) is 1. The summed E-state index contributed by atoms with van der Waals surface area (Å²) in [5.74, 6) is 0.910. The minimum absolute atomic E-state index is 0.00504. The first-order valence-corrected chi connectivity index (χ1v) is 10.0. The zero-order chi connectivity index (χ0) is 19.7. The summed E-state index contributed by atoms with van der Waals surface area (Å²) in [6.45, 7) is 1.85. The number of carbonyl (C=O) groups excluding carboxylic acids is 1. The van der Waals surface area contributed by atoms with Gasteiger partial charge in [-0.15, -0.1) is 10.2 Å². The van der Waals surface area contributed by atoms with Crippen LogP contribution in [0, 0.1) is 5.82 Å². The molecule has 0 bridgehead atoms. The SMILES string of the molecule is COc1ccc(C(=O)[C@@H](C)Sc2nnc(-c3ccccc3F)n2C2CC2)cc1. The lowest BCUT2D eigenvalue weighted by Crippen LogP contribution is -2.14. The second kappa shape index (κ2) is 7.75. The molecule has 2 aromatic carbocycles. The molecule has 0 unspecified atom stereocenters. The third-order valence-electron chi connectivity index (χ3n) is 4.72. The van der Waals surface area contributed by atoms with Crippen LogP contribution in [-0.2, 0) is 0 Å². The van der Waals surface area contributed by atoms with Crippen molar-refractivity contribution in [2.45, 2.75) is 36.2 Å². The molecule has 1 aliphatic rings. The van der Waals surface area contributed by atoms with Crippen molar-refractivity contribution in [1.82, 2.24) is 14.8 Å². The number of thioether (sulfide) groups is 1. The fourth-order valence-electron chi connectivity index (χ4n) is 3.05. The zero-order valence-corrected chi connectivity index (χ0v) is 16.4. The summed E-state index contributed by atoms with van der Waals surface area (Å²) in [4.78, 5) is 12.8. The molecule has 1 aliphatic carbocycles. The molecule has 1 heterocycles. The lowest BCUT2D eigenvalue weighted by molar-refractivity contribution is 0.0994. The summed E-state index contributed by atoms with van der Waals surface area (Å²) in [5, 5.41) is 8.82. The van der Waals surface area contributed by atoms with Crippen molar-refractivity contribution in [3.63, 3.8) is 0 Å². The smallest absolute Gasteiger partial charge is 0.192 e. The first-order chi connectivity index (χ1) is 13.6. The van der Waals surface area contributed by atoms with Gasteiger partial charge in [-0.2, -0.15) is 0 Å². The molecule has 1 aromatic heterocycles. The molecule has 144 valence electrons. The number of ketones is 1. The van der Waals surface area contributed by atoms with E-state index in [1.807, 2.05) is 11.5 Å². The molecule has 7 heteroatoms. The maximum Gasteiger partial charge on any atom is 0.192 e. The molecule has 0 aliphatic heterocycles. The summed E-state index contributed by atoms with van der Waals surface area (Å²) in [6, 6.07) is 13.9. The van der Waals surface area contributed by atoms with Crippen molar-refractivity contribution in [3.05, 3.63) is 59.9 Å². The number of carbonyl (C=O) groups is 1. The molecule has 0 radical (unpaired) electrons. The topological polar surface area (TPSA) is 57.0 Å². The van der Waals surface area contributed by atoms with Crippen molar-refractivity contribution in [2.24, 2.45) is 0 Å². The highest BCUT2D eigenvalue weighted by Gasteiger charge is 2.32. The monoisotopic (exact) mass is 397 g/mol. The molecule has 1 fully saturated rings. The quantitative estimate of drug-likeness (QED) is 0.424. The highest BCUT2D eigenvalue weighted by Crippen LogP contribution is 2.42. The van der Waals surface area contributed by atoms with Gasteiger partial charge in [-0.3, -0.25) is 9.36 Å². The summed E-state index contributed by atoms with van der Waals surface area (Å²) in [7, 11) is 1.59. The van der Waals surface area contributed by atoms with Gasteiger partial charge in [0.15, 0.2) is 16.8 Å². The second-order valence-corrected chi connectivity index (χ2v) is 8.05. The zero-order valence-electron chi connectivity index (χ0n) is 15.6. The van der Waals surface area contributed by atoms with Crippen LogP contribution in [-0.4, -0.2) is 32.9 Å². The lowest BCUT2D eigenvalue weighted by atomic mass is 10.1. The highest BCUT2D eigenvalue weighted by atomic mass is 32.2. The Hall–Kier alpha value is -2.67. The van der Waals surface area contributed by atoms with Crippen LogP contribution < -0.4 is 4.74 Å². The van der Waals surface area contributed by atoms with Crippen molar-refractivity contribution in [3.8, 4) is 17.1 Å². The van der Waals surface area contributed by atoms with Crippen LogP contribution in [0.1, 0.15) is 36.2 Å². The number of halogens is 1. The van der Waals surface area contributed by atoms with Gasteiger partial charge in [0.1, 0.15) is 11.6 Å². The fraction of sp³-hybridized carbons (Fsp3) is 0.286. The third kappa shape index (κ3) is 3.67. The van der Waals surface area contributed by atoms with Gasteiger partial charge in [0.25, 0.3) is 0 Å². The van der Waals surface area contributed by atoms with E-state index in [-0.39, 0.29) is 22.9 Å². The molecule has 0 saturated heterocycles. The van der Waals surface area contributed by atoms with Gasteiger partial charge in [0.05, 0.1) is 17.9 Å². The van der Waals surface area contributed by atoms with E-state index < -0.39 is 0 Å². The molecule has 5 nitrogen and oxygen atoms in total. The Kier molecular flexibility index (Phi) is 5.17. The van der Waals surface area contributed by atoms with Crippen molar-refractivity contribution in [1.29, 1.82) is 0 Å². The van der Waals surface area contributed by atoms with Crippen molar-refractivity contribution < 1.29 is 13.9 Å². The first kappa shape index (κ1) is 18.7. The van der Waals surface area contributed by atoms with E-state index in [4.69, 9.17) is 4.74 Å². The first-order valence-electron chi connectivity index (χ1n) is 9.13. The van der Waals surface area contributed by atoms with Gasteiger partial charge in [-0.1, -0.05) is 23.9 Å². The van der Waals surface area contributed by atoms with Crippen LogP contribution >= 0.6 is 11.8 Å². The van der Waals surface area contributed by atoms with Crippen LogP contribution in [0.25, 0.3) is 11.4 Å². The average molecular weight is 397 g/mol. The molecule has 0 spiro atoms. The van der Waals surface area contributed by atoms with E-state index in [1.165, 1.54) is 17.8 Å². The number of aromatic nitrogens is 3. The standard InChI is InChI=1S/C21H20FN3O2S/c1-13(19(26)14-7-11-16(27-2)12-8-14)28-21-24-23-20(25(21)15-9-10-15)17-5-3-4-6-18(17)22/h3-8,11-13,15H,9-10H2,1-2H3/t13-/m1/s1. The van der Waals surface area contributed by atoms with E-state index in [9.17, 15) is 9.18 Å². The molecule has 3 aromatic rings. The predicted octanol–water partition coefficient (Wildman–Crippen LogP) is 4.79. The molecule has 1 atom stereocenters.